The summed E-state index contributed by atoms with van der Waals surface area (Å²) in [5.74, 6) is 0.437. The van der Waals surface area contributed by atoms with Crippen LogP contribution in [0.25, 0.3) is 0 Å². The van der Waals surface area contributed by atoms with E-state index < -0.39 is 0 Å². The first-order chi connectivity index (χ1) is 7.65. The molecule has 0 saturated heterocycles. The Morgan fingerprint density at radius 3 is 2.75 bits per heavy atom. The molecule has 0 unspecified atom stereocenters. The molecule has 0 spiro atoms. The van der Waals surface area contributed by atoms with Crippen molar-refractivity contribution < 1.29 is 9.53 Å². The van der Waals surface area contributed by atoms with Gasteiger partial charge in [-0.3, -0.25) is 4.79 Å². The van der Waals surface area contributed by atoms with Crippen molar-refractivity contribution in [3.63, 3.8) is 0 Å². The lowest BCUT2D eigenvalue weighted by Gasteiger charge is -2.24. The number of carbonyl (C=O) groups excluding carboxylic acids is 1. The maximum absolute atomic E-state index is 10.1. The zero-order valence-electron chi connectivity index (χ0n) is 10.5. The Bertz CT molecular complexity index is 252. The summed E-state index contributed by atoms with van der Waals surface area (Å²) >= 11 is 0. The summed E-state index contributed by atoms with van der Waals surface area (Å²) in [6, 6.07) is 0. The molecule has 0 heterocycles. The van der Waals surface area contributed by atoms with Gasteiger partial charge in [0.2, 0.25) is 6.41 Å². The molecule has 0 aromatic carbocycles. The largest absolute Gasteiger partial charge is 0.362 e. The van der Waals surface area contributed by atoms with Crippen LogP contribution in [-0.2, 0) is 9.53 Å². The minimum Gasteiger partial charge on any atom is -0.362 e. The standard InChI is InChI=1S/C11H21N3O2/c1-5-6-7-11(16-4)14(3)8-12-10(2)13-9-15/h8-9,11H,5-7H2,1-4H3/t11-/m1/s1. The van der Waals surface area contributed by atoms with E-state index in [0.717, 1.165) is 19.3 Å². The van der Waals surface area contributed by atoms with Crippen LogP contribution in [0.2, 0.25) is 0 Å². The van der Waals surface area contributed by atoms with E-state index in [1.165, 1.54) is 0 Å². The summed E-state index contributed by atoms with van der Waals surface area (Å²) in [4.78, 5) is 19.5. The van der Waals surface area contributed by atoms with Gasteiger partial charge in [0.05, 0.1) is 6.34 Å². The second-order valence-corrected chi connectivity index (χ2v) is 3.52. The Morgan fingerprint density at radius 1 is 1.56 bits per heavy atom. The quantitative estimate of drug-likeness (QED) is 0.288. The van der Waals surface area contributed by atoms with Gasteiger partial charge in [-0.05, 0) is 19.8 Å². The fourth-order valence-electron chi connectivity index (χ4n) is 1.23. The number of hydrogen-bond donors (Lipinski definition) is 0. The Morgan fingerprint density at radius 2 is 2.25 bits per heavy atom. The molecule has 0 aliphatic rings. The summed E-state index contributed by atoms with van der Waals surface area (Å²) in [5.41, 5.74) is 0. The van der Waals surface area contributed by atoms with Crippen molar-refractivity contribution in [3.8, 4) is 0 Å². The minimum atomic E-state index is 0.0210. The number of amidine groups is 1. The monoisotopic (exact) mass is 227 g/mol. The van der Waals surface area contributed by atoms with Crippen LogP contribution in [0.5, 0.6) is 0 Å². The molecule has 92 valence electrons. The third-order valence-corrected chi connectivity index (χ3v) is 2.20. The Labute approximate surface area is 97.2 Å². The topological polar surface area (TPSA) is 54.3 Å². The first kappa shape index (κ1) is 14.8. The lowest BCUT2D eigenvalue weighted by atomic mass is 10.2. The van der Waals surface area contributed by atoms with E-state index in [4.69, 9.17) is 4.74 Å². The molecule has 0 aromatic heterocycles. The number of methoxy groups -OCH3 is 1. The van der Waals surface area contributed by atoms with Crippen LogP contribution < -0.4 is 0 Å². The highest BCUT2D eigenvalue weighted by atomic mass is 16.5. The van der Waals surface area contributed by atoms with Gasteiger partial charge in [0.25, 0.3) is 0 Å². The van der Waals surface area contributed by atoms with E-state index in [2.05, 4.69) is 16.9 Å². The minimum absolute atomic E-state index is 0.0210. The van der Waals surface area contributed by atoms with E-state index in [1.807, 2.05) is 11.9 Å². The number of nitrogens with zero attached hydrogens (tertiary/aromatic N) is 3. The smallest absolute Gasteiger partial charge is 0.234 e. The molecule has 5 heteroatoms. The first-order valence-corrected chi connectivity index (χ1v) is 5.42. The van der Waals surface area contributed by atoms with Crippen molar-refractivity contribution in [2.75, 3.05) is 14.2 Å². The van der Waals surface area contributed by atoms with Gasteiger partial charge in [-0.1, -0.05) is 13.3 Å². The van der Waals surface area contributed by atoms with Gasteiger partial charge in [-0.2, -0.15) is 0 Å². The van der Waals surface area contributed by atoms with Crippen LogP contribution in [-0.4, -0.2) is 43.9 Å². The molecule has 1 amide bonds. The zero-order chi connectivity index (χ0) is 12.4. The maximum atomic E-state index is 10.1. The second kappa shape index (κ2) is 9.03. The predicted octanol–water partition coefficient (Wildman–Crippen LogP) is 1.68. The normalized spacial score (nSPS) is 14.1. The molecule has 0 saturated carbocycles. The van der Waals surface area contributed by atoms with Crippen molar-refractivity contribution in [1.29, 1.82) is 0 Å². The van der Waals surface area contributed by atoms with Crippen molar-refractivity contribution in [1.82, 2.24) is 4.90 Å². The van der Waals surface area contributed by atoms with E-state index >= 15 is 0 Å². The van der Waals surface area contributed by atoms with E-state index in [-0.39, 0.29) is 6.23 Å². The number of hydrogen-bond acceptors (Lipinski definition) is 2. The molecule has 16 heavy (non-hydrogen) atoms. The molecule has 0 bridgehead atoms. The zero-order valence-corrected chi connectivity index (χ0v) is 10.5. The van der Waals surface area contributed by atoms with Crippen LogP contribution in [0, 0.1) is 0 Å². The van der Waals surface area contributed by atoms with Gasteiger partial charge >= 0.3 is 0 Å². The van der Waals surface area contributed by atoms with E-state index in [9.17, 15) is 4.79 Å². The molecular formula is C11H21N3O2. The molecule has 0 radical (unpaired) electrons. The molecule has 0 N–H and O–H groups in total. The first-order valence-electron chi connectivity index (χ1n) is 5.42. The SMILES string of the molecule is CCCC[C@@H](OC)N(C)C=NC(C)=NC=O. The molecule has 0 aliphatic carbocycles. The summed E-state index contributed by atoms with van der Waals surface area (Å²) in [5, 5.41) is 0. The lowest BCUT2D eigenvalue weighted by molar-refractivity contribution is -0.106. The average molecular weight is 227 g/mol. The van der Waals surface area contributed by atoms with Gasteiger partial charge in [-0.15, -0.1) is 0 Å². The summed E-state index contributed by atoms with van der Waals surface area (Å²) in [6.45, 7) is 3.81. The van der Waals surface area contributed by atoms with E-state index in [0.29, 0.717) is 12.2 Å². The third-order valence-electron chi connectivity index (χ3n) is 2.20. The molecule has 0 aromatic rings. The number of unbranched alkanes of at least 4 members (excludes halogenated alkanes) is 1. The summed E-state index contributed by atoms with van der Waals surface area (Å²) in [6.07, 6.45) is 5.34. The molecule has 5 nitrogen and oxygen atoms in total. The predicted molar refractivity (Wildman–Crippen MR) is 65.8 cm³/mol. The number of carbonyl (C=O) groups is 1. The molecule has 0 rings (SSSR count). The van der Waals surface area contributed by atoms with Gasteiger partial charge < -0.3 is 9.64 Å². The van der Waals surface area contributed by atoms with Gasteiger partial charge in [-0.25, -0.2) is 9.98 Å². The van der Waals surface area contributed by atoms with E-state index in [1.54, 1.807) is 20.4 Å². The number of aliphatic imine (C=N–C) groups is 2. The van der Waals surface area contributed by atoms with Crippen LogP contribution in [0.15, 0.2) is 9.98 Å². The second-order valence-electron chi connectivity index (χ2n) is 3.52. The Hall–Kier alpha value is -1.23. The van der Waals surface area contributed by atoms with Crippen LogP contribution in [0.3, 0.4) is 0 Å². The fraction of sp³-hybridized carbons (Fsp3) is 0.727. The number of amides is 1. The van der Waals surface area contributed by atoms with Crippen molar-refractivity contribution >= 4 is 18.6 Å². The number of rotatable bonds is 7. The van der Waals surface area contributed by atoms with Gasteiger partial charge in [0.1, 0.15) is 12.1 Å². The third kappa shape index (κ3) is 6.29. The van der Waals surface area contributed by atoms with Gasteiger partial charge in [0.15, 0.2) is 0 Å². The van der Waals surface area contributed by atoms with Crippen molar-refractivity contribution in [2.24, 2.45) is 9.98 Å². The molecular weight excluding hydrogens is 206 g/mol. The summed E-state index contributed by atoms with van der Waals surface area (Å²) < 4.78 is 5.33. The Kier molecular flexibility index (Phi) is 8.34. The van der Waals surface area contributed by atoms with Crippen LogP contribution in [0.1, 0.15) is 33.1 Å². The van der Waals surface area contributed by atoms with Crippen LogP contribution >= 0.6 is 0 Å². The average Bonchev–Trinajstić information content (AvgIpc) is 2.28. The van der Waals surface area contributed by atoms with Crippen molar-refractivity contribution in [3.05, 3.63) is 0 Å². The van der Waals surface area contributed by atoms with Crippen molar-refractivity contribution in [2.45, 2.75) is 39.3 Å². The lowest BCUT2D eigenvalue weighted by Crippen LogP contribution is -2.32. The highest BCUT2D eigenvalue weighted by molar-refractivity contribution is 5.91. The number of ether oxygens (including phenoxy) is 1. The fourth-order valence-corrected chi connectivity index (χ4v) is 1.23. The van der Waals surface area contributed by atoms with Crippen LogP contribution in [0.4, 0.5) is 0 Å². The van der Waals surface area contributed by atoms with Gasteiger partial charge in [0, 0.05) is 14.2 Å². The Balaban J connectivity index is 4.23. The maximum Gasteiger partial charge on any atom is 0.234 e. The molecule has 1 atom stereocenters. The molecule has 0 fully saturated rings. The molecule has 0 aliphatic heterocycles. The highest BCUT2D eigenvalue weighted by Gasteiger charge is 2.09. The summed E-state index contributed by atoms with van der Waals surface area (Å²) in [7, 11) is 3.57. The highest BCUT2D eigenvalue weighted by Crippen LogP contribution is 2.06.